The molecule has 0 radical (unpaired) electrons. The van der Waals surface area contributed by atoms with Gasteiger partial charge in [-0.1, -0.05) is 12.1 Å². The van der Waals surface area contributed by atoms with Crippen molar-refractivity contribution in [2.75, 3.05) is 11.9 Å². The molecule has 0 aliphatic rings. The first-order valence-corrected chi connectivity index (χ1v) is 7.50. The Labute approximate surface area is 122 Å². The highest BCUT2D eigenvalue weighted by atomic mass is 32.1. The smallest absolute Gasteiger partial charge is 0.224 e. The standard InChI is InChI=1S/C15H18N2O2S/c1-11-16-14(10-20-11)12-5-7-13(8-6-12)17-15(19)4-2-3-9-18/h5-8,10,18H,2-4,9H2,1H3,(H,17,19). The second-order valence-electron chi connectivity index (χ2n) is 4.56. The van der Waals surface area contributed by atoms with Gasteiger partial charge in [-0.3, -0.25) is 4.79 Å². The maximum absolute atomic E-state index is 11.6. The fourth-order valence-corrected chi connectivity index (χ4v) is 2.46. The van der Waals surface area contributed by atoms with Gasteiger partial charge in [0, 0.05) is 29.7 Å². The fraction of sp³-hybridized carbons (Fsp3) is 0.333. The van der Waals surface area contributed by atoms with Crippen molar-refractivity contribution in [3.8, 4) is 11.3 Å². The number of aliphatic hydroxyl groups is 1. The van der Waals surface area contributed by atoms with Crippen LogP contribution in [0.15, 0.2) is 29.6 Å². The molecule has 1 amide bonds. The molecule has 1 aromatic carbocycles. The number of nitrogens with one attached hydrogen (secondary N) is 1. The molecular formula is C15H18N2O2S. The highest BCUT2D eigenvalue weighted by molar-refractivity contribution is 7.09. The van der Waals surface area contributed by atoms with Crippen LogP contribution in [0.25, 0.3) is 11.3 Å². The fourth-order valence-electron chi connectivity index (χ4n) is 1.84. The normalized spacial score (nSPS) is 10.5. The lowest BCUT2D eigenvalue weighted by atomic mass is 10.1. The second kappa shape index (κ2) is 7.17. The van der Waals surface area contributed by atoms with Crippen molar-refractivity contribution in [1.29, 1.82) is 0 Å². The number of amides is 1. The third-order valence-corrected chi connectivity index (χ3v) is 3.67. The molecule has 0 saturated heterocycles. The van der Waals surface area contributed by atoms with E-state index in [0.29, 0.717) is 19.3 Å². The van der Waals surface area contributed by atoms with Gasteiger partial charge in [0.2, 0.25) is 5.91 Å². The number of unbranched alkanes of at least 4 members (excludes halogenated alkanes) is 1. The van der Waals surface area contributed by atoms with Crippen LogP contribution in [0, 0.1) is 6.92 Å². The number of thiazole rings is 1. The Morgan fingerprint density at radius 3 is 2.65 bits per heavy atom. The number of carbonyl (C=O) groups excluding carboxylic acids is 1. The van der Waals surface area contributed by atoms with Crippen LogP contribution in [0.4, 0.5) is 5.69 Å². The Kier molecular flexibility index (Phi) is 5.26. The number of aryl methyl sites for hydroxylation is 1. The van der Waals surface area contributed by atoms with Crippen LogP contribution >= 0.6 is 11.3 Å². The molecule has 0 aliphatic heterocycles. The molecule has 0 saturated carbocycles. The average molecular weight is 290 g/mol. The summed E-state index contributed by atoms with van der Waals surface area (Å²) in [6.45, 7) is 2.12. The predicted octanol–water partition coefficient (Wildman–Crippen LogP) is 3.22. The molecule has 0 fully saturated rings. The molecule has 5 heteroatoms. The van der Waals surface area contributed by atoms with Gasteiger partial charge >= 0.3 is 0 Å². The van der Waals surface area contributed by atoms with Crippen molar-refractivity contribution in [3.63, 3.8) is 0 Å². The summed E-state index contributed by atoms with van der Waals surface area (Å²) in [5.41, 5.74) is 2.80. The average Bonchev–Trinajstić information content (AvgIpc) is 2.86. The van der Waals surface area contributed by atoms with Gasteiger partial charge in [0.1, 0.15) is 0 Å². The number of carbonyl (C=O) groups is 1. The molecule has 0 unspecified atom stereocenters. The van der Waals surface area contributed by atoms with E-state index in [-0.39, 0.29) is 12.5 Å². The van der Waals surface area contributed by atoms with Crippen molar-refractivity contribution in [2.45, 2.75) is 26.2 Å². The van der Waals surface area contributed by atoms with E-state index in [1.165, 1.54) is 0 Å². The number of hydrogen-bond donors (Lipinski definition) is 2. The van der Waals surface area contributed by atoms with E-state index in [0.717, 1.165) is 22.0 Å². The van der Waals surface area contributed by atoms with Crippen LogP contribution in [0.5, 0.6) is 0 Å². The molecule has 0 spiro atoms. The minimum atomic E-state index is -0.0179. The van der Waals surface area contributed by atoms with Gasteiger partial charge in [0.05, 0.1) is 10.7 Å². The van der Waals surface area contributed by atoms with E-state index in [1.54, 1.807) is 11.3 Å². The van der Waals surface area contributed by atoms with E-state index in [9.17, 15) is 4.79 Å². The first kappa shape index (κ1) is 14.7. The predicted molar refractivity (Wildman–Crippen MR) is 81.9 cm³/mol. The van der Waals surface area contributed by atoms with Crippen LogP contribution in [0.1, 0.15) is 24.3 Å². The highest BCUT2D eigenvalue weighted by Crippen LogP contribution is 2.23. The zero-order valence-electron chi connectivity index (χ0n) is 11.4. The topological polar surface area (TPSA) is 62.2 Å². The quantitative estimate of drug-likeness (QED) is 0.803. The van der Waals surface area contributed by atoms with E-state index >= 15 is 0 Å². The van der Waals surface area contributed by atoms with E-state index in [4.69, 9.17) is 5.11 Å². The number of aromatic nitrogens is 1. The van der Waals surface area contributed by atoms with Gasteiger partial charge < -0.3 is 10.4 Å². The molecule has 0 atom stereocenters. The van der Waals surface area contributed by atoms with Gasteiger partial charge in [-0.05, 0) is 31.9 Å². The van der Waals surface area contributed by atoms with E-state index in [1.807, 2.05) is 36.6 Å². The Hall–Kier alpha value is -1.72. The van der Waals surface area contributed by atoms with Crippen molar-refractivity contribution >= 4 is 22.9 Å². The van der Waals surface area contributed by atoms with Crippen LogP contribution < -0.4 is 5.32 Å². The van der Waals surface area contributed by atoms with Crippen molar-refractivity contribution in [3.05, 3.63) is 34.7 Å². The number of benzene rings is 1. The number of nitrogens with zero attached hydrogens (tertiary/aromatic N) is 1. The molecule has 20 heavy (non-hydrogen) atoms. The Morgan fingerprint density at radius 2 is 2.05 bits per heavy atom. The minimum absolute atomic E-state index is 0.0179. The first-order valence-electron chi connectivity index (χ1n) is 6.62. The summed E-state index contributed by atoms with van der Waals surface area (Å²) < 4.78 is 0. The molecule has 0 bridgehead atoms. The summed E-state index contributed by atoms with van der Waals surface area (Å²) in [5.74, 6) is -0.0179. The number of anilines is 1. The number of hydrogen-bond acceptors (Lipinski definition) is 4. The third-order valence-electron chi connectivity index (χ3n) is 2.90. The monoisotopic (exact) mass is 290 g/mol. The van der Waals surface area contributed by atoms with Gasteiger partial charge in [-0.2, -0.15) is 0 Å². The van der Waals surface area contributed by atoms with E-state index < -0.39 is 0 Å². The van der Waals surface area contributed by atoms with Crippen LogP contribution in [0.2, 0.25) is 0 Å². The molecule has 2 N–H and O–H groups in total. The first-order chi connectivity index (χ1) is 9.69. The molecule has 2 aromatic rings. The summed E-state index contributed by atoms with van der Waals surface area (Å²) in [6, 6.07) is 7.68. The van der Waals surface area contributed by atoms with Crippen LogP contribution in [-0.2, 0) is 4.79 Å². The Balaban J connectivity index is 1.93. The minimum Gasteiger partial charge on any atom is -0.396 e. The largest absolute Gasteiger partial charge is 0.396 e. The molecule has 1 aromatic heterocycles. The Morgan fingerprint density at radius 1 is 1.30 bits per heavy atom. The van der Waals surface area contributed by atoms with Crippen LogP contribution in [0.3, 0.4) is 0 Å². The summed E-state index contributed by atoms with van der Waals surface area (Å²) in [6.07, 6.45) is 1.81. The van der Waals surface area contributed by atoms with Gasteiger partial charge in [-0.15, -0.1) is 11.3 Å². The van der Waals surface area contributed by atoms with Crippen molar-refractivity contribution in [1.82, 2.24) is 4.98 Å². The lowest BCUT2D eigenvalue weighted by Gasteiger charge is -2.05. The number of aliphatic hydroxyl groups excluding tert-OH is 1. The summed E-state index contributed by atoms with van der Waals surface area (Å²) >= 11 is 1.62. The summed E-state index contributed by atoms with van der Waals surface area (Å²) in [5, 5.41) is 14.6. The van der Waals surface area contributed by atoms with Crippen LogP contribution in [-0.4, -0.2) is 22.6 Å². The second-order valence-corrected chi connectivity index (χ2v) is 5.62. The van der Waals surface area contributed by atoms with Crippen molar-refractivity contribution in [2.24, 2.45) is 0 Å². The van der Waals surface area contributed by atoms with Gasteiger partial charge in [0.25, 0.3) is 0 Å². The zero-order chi connectivity index (χ0) is 14.4. The molecule has 106 valence electrons. The highest BCUT2D eigenvalue weighted by Gasteiger charge is 2.04. The summed E-state index contributed by atoms with van der Waals surface area (Å²) in [4.78, 5) is 16.1. The molecule has 2 rings (SSSR count). The zero-order valence-corrected chi connectivity index (χ0v) is 12.2. The molecule has 0 aliphatic carbocycles. The van der Waals surface area contributed by atoms with Gasteiger partial charge in [-0.25, -0.2) is 4.98 Å². The summed E-state index contributed by atoms with van der Waals surface area (Å²) in [7, 11) is 0. The number of rotatable bonds is 6. The van der Waals surface area contributed by atoms with Gasteiger partial charge in [0.15, 0.2) is 0 Å². The third kappa shape index (κ3) is 4.15. The van der Waals surface area contributed by atoms with Crippen molar-refractivity contribution < 1.29 is 9.90 Å². The molecule has 4 nitrogen and oxygen atoms in total. The Bertz CT molecular complexity index is 564. The molecule has 1 heterocycles. The maximum Gasteiger partial charge on any atom is 0.224 e. The lowest BCUT2D eigenvalue weighted by Crippen LogP contribution is -2.11. The van der Waals surface area contributed by atoms with E-state index in [2.05, 4.69) is 10.3 Å². The molecular weight excluding hydrogens is 272 g/mol. The SMILES string of the molecule is Cc1nc(-c2ccc(NC(=O)CCCCO)cc2)cs1. The lowest BCUT2D eigenvalue weighted by molar-refractivity contribution is -0.116. The maximum atomic E-state index is 11.6.